The third-order valence-electron chi connectivity index (χ3n) is 2.62. The molecule has 8 heteroatoms. The molecule has 2 N–H and O–H groups in total. The van der Waals surface area contributed by atoms with Crippen LogP contribution in [-0.4, -0.2) is 20.6 Å². The number of carbonyl (C=O) groups excluding carboxylic acids is 1. The number of nitrogens with one attached hydrogen (secondary N) is 2. The van der Waals surface area contributed by atoms with Crippen molar-refractivity contribution in [3.63, 3.8) is 0 Å². The Hall–Kier alpha value is -2.12. The van der Waals surface area contributed by atoms with Gasteiger partial charge in [-0.05, 0) is 42.5 Å². The summed E-state index contributed by atoms with van der Waals surface area (Å²) in [7, 11) is -3.55. The third-order valence-corrected chi connectivity index (χ3v) is 3.45. The van der Waals surface area contributed by atoms with Crippen LogP contribution in [0, 0.1) is 5.82 Å². The molecule has 0 aliphatic heterocycles. The van der Waals surface area contributed by atoms with Gasteiger partial charge in [0.05, 0.1) is 17.5 Å². The van der Waals surface area contributed by atoms with E-state index in [4.69, 9.17) is 11.6 Å². The molecular formula is C14H12ClFN2O3S. The Labute approximate surface area is 132 Å². The van der Waals surface area contributed by atoms with Gasteiger partial charge in [-0.25, -0.2) is 12.8 Å². The van der Waals surface area contributed by atoms with Crippen molar-refractivity contribution >= 4 is 38.9 Å². The monoisotopic (exact) mass is 342 g/mol. The lowest BCUT2D eigenvalue weighted by Gasteiger charge is -2.11. The zero-order valence-electron chi connectivity index (χ0n) is 11.4. The number of hydrogen-bond acceptors (Lipinski definition) is 3. The van der Waals surface area contributed by atoms with Gasteiger partial charge in [-0.2, -0.15) is 0 Å². The molecule has 5 nitrogen and oxygen atoms in total. The normalized spacial score (nSPS) is 11.0. The summed E-state index contributed by atoms with van der Waals surface area (Å²) >= 11 is 5.85. The van der Waals surface area contributed by atoms with Crippen molar-refractivity contribution in [3.8, 4) is 0 Å². The molecule has 2 aromatic rings. The van der Waals surface area contributed by atoms with E-state index in [1.54, 1.807) is 0 Å². The maximum atomic E-state index is 12.8. The first-order chi connectivity index (χ1) is 10.2. The minimum Gasteiger partial charge on any atom is -0.322 e. The zero-order valence-corrected chi connectivity index (χ0v) is 13.0. The predicted molar refractivity (Wildman–Crippen MR) is 84.3 cm³/mol. The topological polar surface area (TPSA) is 75.3 Å². The van der Waals surface area contributed by atoms with Crippen molar-refractivity contribution in [1.29, 1.82) is 0 Å². The molecule has 0 radical (unpaired) electrons. The van der Waals surface area contributed by atoms with E-state index in [1.807, 2.05) is 0 Å². The first kappa shape index (κ1) is 16.3. The van der Waals surface area contributed by atoms with Gasteiger partial charge in [0.1, 0.15) is 5.82 Å². The summed E-state index contributed by atoms with van der Waals surface area (Å²) < 4.78 is 37.8. The molecule has 0 atom stereocenters. The van der Waals surface area contributed by atoms with Crippen molar-refractivity contribution in [1.82, 2.24) is 0 Å². The fraction of sp³-hybridized carbons (Fsp3) is 0.0714. The van der Waals surface area contributed by atoms with Gasteiger partial charge in [0, 0.05) is 10.7 Å². The molecule has 0 saturated heterocycles. The standard InChI is InChI=1S/C14H12ClFN2O3S/c1-22(20,21)18-13-7-2-9(15)8-12(13)14(19)17-11-5-3-10(16)4-6-11/h2-8,18H,1H3,(H,17,19). The average molecular weight is 343 g/mol. The van der Waals surface area contributed by atoms with Gasteiger partial charge in [0.15, 0.2) is 0 Å². The molecule has 0 aliphatic rings. The van der Waals surface area contributed by atoms with E-state index < -0.39 is 21.7 Å². The fourth-order valence-electron chi connectivity index (χ4n) is 1.72. The second kappa shape index (κ2) is 6.33. The lowest BCUT2D eigenvalue weighted by molar-refractivity contribution is 0.102. The smallest absolute Gasteiger partial charge is 0.257 e. The summed E-state index contributed by atoms with van der Waals surface area (Å²) in [4.78, 5) is 12.3. The van der Waals surface area contributed by atoms with Gasteiger partial charge in [0.25, 0.3) is 5.91 Å². The second-order valence-corrected chi connectivity index (χ2v) is 6.71. The molecule has 0 aliphatic carbocycles. The maximum Gasteiger partial charge on any atom is 0.257 e. The lowest BCUT2D eigenvalue weighted by atomic mass is 10.1. The van der Waals surface area contributed by atoms with Gasteiger partial charge < -0.3 is 5.32 Å². The molecule has 116 valence electrons. The fourth-order valence-corrected chi connectivity index (χ4v) is 2.47. The zero-order chi connectivity index (χ0) is 16.3. The number of rotatable bonds is 4. The first-order valence-corrected chi connectivity index (χ1v) is 8.36. The van der Waals surface area contributed by atoms with Crippen LogP contribution >= 0.6 is 11.6 Å². The van der Waals surface area contributed by atoms with Crippen LogP contribution in [0.3, 0.4) is 0 Å². The van der Waals surface area contributed by atoms with Crippen molar-refractivity contribution < 1.29 is 17.6 Å². The molecule has 0 unspecified atom stereocenters. The predicted octanol–water partition coefficient (Wildman–Crippen LogP) is 3.10. The number of halogens is 2. The summed E-state index contributed by atoms with van der Waals surface area (Å²) in [6.07, 6.45) is 0.975. The summed E-state index contributed by atoms with van der Waals surface area (Å²) in [5.74, 6) is -1.000. The highest BCUT2D eigenvalue weighted by Crippen LogP contribution is 2.23. The second-order valence-electron chi connectivity index (χ2n) is 4.53. The molecule has 0 saturated carbocycles. The van der Waals surface area contributed by atoms with Crippen LogP contribution in [0.5, 0.6) is 0 Å². The largest absolute Gasteiger partial charge is 0.322 e. The van der Waals surface area contributed by atoms with E-state index in [9.17, 15) is 17.6 Å². The molecule has 0 spiro atoms. The Kier molecular flexibility index (Phi) is 4.68. The number of sulfonamides is 1. The van der Waals surface area contributed by atoms with Gasteiger partial charge >= 0.3 is 0 Å². The summed E-state index contributed by atoms with van der Waals surface area (Å²) in [5.41, 5.74) is 0.533. The summed E-state index contributed by atoms with van der Waals surface area (Å²) in [6, 6.07) is 9.37. The average Bonchev–Trinajstić information content (AvgIpc) is 2.42. The molecule has 22 heavy (non-hydrogen) atoms. The molecule has 0 fully saturated rings. The quantitative estimate of drug-likeness (QED) is 0.896. The van der Waals surface area contributed by atoms with E-state index in [0.29, 0.717) is 5.69 Å². The summed E-state index contributed by atoms with van der Waals surface area (Å²) in [5, 5.41) is 2.82. The maximum absolute atomic E-state index is 12.8. The van der Waals surface area contributed by atoms with E-state index in [1.165, 1.54) is 42.5 Å². The van der Waals surface area contributed by atoms with Gasteiger partial charge in [-0.1, -0.05) is 11.6 Å². The van der Waals surface area contributed by atoms with E-state index >= 15 is 0 Å². The SMILES string of the molecule is CS(=O)(=O)Nc1ccc(Cl)cc1C(=O)Nc1ccc(F)cc1. The van der Waals surface area contributed by atoms with E-state index in [-0.39, 0.29) is 16.3 Å². The highest BCUT2D eigenvalue weighted by molar-refractivity contribution is 7.92. The van der Waals surface area contributed by atoms with Crippen LogP contribution in [0.15, 0.2) is 42.5 Å². The van der Waals surface area contributed by atoms with Gasteiger partial charge in [0.2, 0.25) is 10.0 Å². The van der Waals surface area contributed by atoms with Gasteiger partial charge in [-0.15, -0.1) is 0 Å². The number of hydrogen-bond donors (Lipinski definition) is 2. The van der Waals surface area contributed by atoms with Crippen LogP contribution in [0.4, 0.5) is 15.8 Å². The number of anilines is 2. The Bertz CT molecular complexity index is 807. The van der Waals surface area contributed by atoms with Crippen LogP contribution < -0.4 is 10.0 Å². The molecule has 2 rings (SSSR count). The van der Waals surface area contributed by atoms with Crippen molar-refractivity contribution in [2.75, 3.05) is 16.3 Å². The van der Waals surface area contributed by atoms with Crippen LogP contribution in [-0.2, 0) is 10.0 Å². The van der Waals surface area contributed by atoms with Crippen LogP contribution in [0.25, 0.3) is 0 Å². The van der Waals surface area contributed by atoms with Crippen LogP contribution in [0.2, 0.25) is 5.02 Å². The molecule has 0 bridgehead atoms. The lowest BCUT2D eigenvalue weighted by Crippen LogP contribution is -2.17. The Morgan fingerprint density at radius 2 is 1.77 bits per heavy atom. The number of benzene rings is 2. The van der Waals surface area contributed by atoms with Crippen molar-refractivity contribution in [3.05, 3.63) is 58.9 Å². The van der Waals surface area contributed by atoms with Gasteiger partial charge in [-0.3, -0.25) is 9.52 Å². The van der Waals surface area contributed by atoms with Crippen molar-refractivity contribution in [2.24, 2.45) is 0 Å². The molecular weight excluding hydrogens is 331 g/mol. The Morgan fingerprint density at radius 1 is 1.14 bits per heavy atom. The molecule has 2 aromatic carbocycles. The minimum atomic E-state index is -3.55. The number of carbonyl (C=O) groups is 1. The van der Waals surface area contributed by atoms with E-state index in [0.717, 1.165) is 6.26 Å². The molecule has 0 aromatic heterocycles. The first-order valence-electron chi connectivity index (χ1n) is 6.09. The number of amides is 1. The molecule has 1 amide bonds. The Balaban J connectivity index is 2.31. The van der Waals surface area contributed by atoms with Crippen LogP contribution in [0.1, 0.15) is 10.4 Å². The minimum absolute atomic E-state index is 0.0576. The highest BCUT2D eigenvalue weighted by atomic mass is 35.5. The van der Waals surface area contributed by atoms with Crippen molar-refractivity contribution in [2.45, 2.75) is 0 Å². The Morgan fingerprint density at radius 3 is 2.36 bits per heavy atom. The van der Waals surface area contributed by atoms with E-state index in [2.05, 4.69) is 10.0 Å². The molecule has 0 heterocycles. The third kappa shape index (κ3) is 4.44. The highest BCUT2D eigenvalue weighted by Gasteiger charge is 2.15. The summed E-state index contributed by atoms with van der Waals surface area (Å²) in [6.45, 7) is 0.